The molecule has 0 saturated carbocycles. The van der Waals surface area contributed by atoms with Crippen molar-refractivity contribution in [3.63, 3.8) is 0 Å². The Kier molecular flexibility index (Phi) is 4.72. The standard InChI is InChI=1S/C7H18N2/c1-6(2)3-4-7(9)5-8/h6-7H,3-5,8-9H2,1-2H3. The van der Waals surface area contributed by atoms with E-state index in [0.29, 0.717) is 6.54 Å². The van der Waals surface area contributed by atoms with Gasteiger partial charge in [0.05, 0.1) is 0 Å². The van der Waals surface area contributed by atoms with Crippen molar-refractivity contribution in [2.75, 3.05) is 6.54 Å². The summed E-state index contributed by atoms with van der Waals surface area (Å²) < 4.78 is 0. The van der Waals surface area contributed by atoms with Gasteiger partial charge in [0.25, 0.3) is 0 Å². The number of nitrogens with two attached hydrogens (primary N) is 2. The van der Waals surface area contributed by atoms with Gasteiger partial charge >= 0.3 is 0 Å². The van der Waals surface area contributed by atoms with Crippen LogP contribution < -0.4 is 11.5 Å². The molecule has 0 heterocycles. The molecule has 56 valence electrons. The maximum atomic E-state index is 5.60. The monoisotopic (exact) mass is 130 g/mol. The van der Waals surface area contributed by atoms with E-state index >= 15 is 0 Å². The Labute approximate surface area is 57.6 Å². The summed E-state index contributed by atoms with van der Waals surface area (Å²) in [4.78, 5) is 0. The number of rotatable bonds is 4. The Morgan fingerprint density at radius 3 is 2.11 bits per heavy atom. The summed E-state index contributed by atoms with van der Waals surface area (Å²) in [5, 5.41) is 0. The van der Waals surface area contributed by atoms with E-state index in [4.69, 9.17) is 11.5 Å². The first-order chi connectivity index (χ1) is 4.16. The van der Waals surface area contributed by atoms with Crippen molar-refractivity contribution in [3.05, 3.63) is 0 Å². The molecule has 1 unspecified atom stereocenters. The second kappa shape index (κ2) is 4.77. The molecule has 0 aromatic heterocycles. The minimum absolute atomic E-state index is 0.215. The Bertz CT molecular complexity index is 61.9. The Morgan fingerprint density at radius 2 is 1.78 bits per heavy atom. The van der Waals surface area contributed by atoms with Crippen LogP contribution in [0, 0.1) is 5.92 Å². The molecule has 0 saturated heterocycles. The summed E-state index contributed by atoms with van der Waals surface area (Å²) in [6, 6.07) is 0.215. The Balaban J connectivity index is 3.06. The maximum absolute atomic E-state index is 5.60. The molecule has 0 fully saturated rings. The zero-order valence-corrected chi connectivity index (χ0v) is 6.43. The molecule has 4 N–H and O–H groups in total. The van der Waals surface area contributed by atoms with Gasteiger partial charge in [0.15, 0.2) is 0 Å². The molecule has 0 aromatic carbocycles. The van der Waals surface area contributed by atoms with Crippen LogP contribution in [0.2, 0.25) is 0 Å². The van der Waals surface area contributed by atoms with E-state index in [1.54, 1.807) is 0 Å². The van der Waals surface area contributed by atoms with Crippen molar-refractivity contribution >= 4 is 0 Å². The summed E-state index contributed by atoms with van der Waals surface area (Å²) >= 11 is 0. The van der Waals surface area contributed by atoms with Gasteiger partial charge in [-0.2, -0.15) is 0 Å². The van der Waals surface area contributed by atoms with Crippen LogP contribution in [0.25, 0.3) is 0 Å². The number of hydrogen-bond acceptors (Lipinski definition) is 2. The topological polar surface area (TPSA) is 52.0 Å². The fraction of sp³-hybridized carbons (Fsp3) is 1.00. The molecular formula is C7H18N2. The van der Waals surface area contributed by atoms with Crippen molar-refractivity contribution in [2.24, 2.45) is 17.4 Å². The highest BCUT2D eigenvalue weighted by molar-refractivity contribution is 4.61. The van der Waals surface area contributed by atoms with Crippen LogP contribution in [0.1, 0.15) is 26.7 Å². The normalized spacial score (nSPS) is 14.3. The van der Waals surface area contributed by atoms with Gasteiger partial charge in [0.1, 0.15) is 0 Å². The lowest BCUT2D eigenvalue weighted by Gasteiger charge is -2.09. The van der Waals surface area contributed by atoms with E-state index in [-0.39, 0.29) is 6.04 Å². The Morgan fingerprint density at radius 1 is 1.22 bits per heavy atom. The predicted octanol–water partition coefficient (Wildman–Crippen LogP) is 0.709. The molecule has 0 rings (SSSR count). The summed E-state index contributed by atoms with van der Waals surface area (Å²) in [5.41, 5.74) is 10.9. The fourth-order valence-corrected chi connectivity index (χ4v) is 0.665. The van der Waals surface area contributed by atoms with Crippen LogP contribution in [0.4, 0.5) is 0 Å². The van der Waals surface area contributed by atoms with Gasteiger partial charge in [-0.3, -0.25) is 0 Å². The molecule has 0 aromatic rings. The highest BCUT2D eigenvalue weighted by Crippen LogP contribution is 2.04. The van der Waals surface area contributed by atoms with Crippen molar-refractivity contribution in [1.82, 2.24) is 0 Å². The van der Waals surface area contributed by atoms with Crippen molar-refractivity contribution in [1.29, 1.82) is 0 Å². The SMILES string of the molecule is CC(C)CCC(N)CN. The molecule has 0 aliphatic rings. The van der Waals surface area contributed by atoms with Crippen molar-refractivity contribution in [3.8, 4) is 0 Å². The van der Waals surface area contributed by atoms with Crippen LogP contribution in [-0.4, -0.2) is 12.6 Å². The highest BCUT2D eigenvalue weighted by atomic mass is 14.7. The smallest absolute Gasteiger partial charge is 0.0163 e. The van der Waals surface area contributed by atoms with Gasteiger partial charge in [-0.15, -0.1) is 0 Å². The van der Waals surface area contributed by atoms with E-state index in [1.165, 1.54) is 6.42 Å². The lowest BCUT2D eigenvalue weighted by molar-refractivity contribution is 0.500. The van der Waals surface area contributed by atoms with E-state index < -0.39 is 0 Å². The van der Waals surface area contributed by atoms with Gasteiger partial charge in [-0.1, -0.05) is 13.8 Å². The molecule has 0 radical (unpaired) electrons. The number of hydrogen-bond donors (Lipinski definition) is 2. The summed E-state index contributed by atoms with van der Waals surface area (Å²) in [5.74, 6) is 0.752. The largest absolute Gasteiger partial charge is 0.329 e. The second-order valence-electron chi connectivity index (χ2n) is 2.97. The van der Waals surface area contributed by atoms with E-state index in [0.717, 1.165) is 12.3 Å². The third kappa shape index (κ3) is 5.80. The summed E-state index contributed by atoms with van der Waals surface area (Å²) in [6.45, 7) is 5.01. The minimum Gasteiger partial charge on any atom is -0.329 e. The molecule has 2 nitrogen and oxygen atoms in total. The van der Waals surface area contributed by atoms with Crippen molar-refractivity contribution < 1.29 is 0 Å². The lowest BCUT2D eigenvalue weighted by atomic mass is 10.0. The third-order valence-electron chi connectivity index (χ3n) is 1.42. The lowest BCUT2D eigenvalue weighted by Crippen LogP contribution is -2.29. The fourth-order valence-electron chi connectivity index (χ4n) is 0.665. The van der Waals surface area contributed by atoms with Crippen LogP contribution >= 0.6 is 0 Å². The predicted molar refractivity (Wildman–Crippen MR) is 41.1 cm³/mol. The van der Waals surface area contributed by atoms with Crippen LogP contribution in [0.15, 0.2) is 0 Å². The first-order valence-electron chi connectivity index (χ1n) is 3.62. The van der Waals surface area contributed by atoms with Crippen LogP contribution in [0.3, 0.4) is 0 Å². The van der Waals surface area contributed by atoms with Crippen LogP contribution in [-0.2, 0) is 0 Å². The maximum Gasteiger partial charge on any atom is 0.0163 e. The quantitative estimate of drug-likeness (QED) is 0.589. The Hall–Kier alpha value is -0.0800. The van der Waals surface area contributed by atoms with Crippen LogP contribution in [0.5, 0.6) is 0 Å². The first kappa shape index (κ1) is 8.92. The third-order valence-corrected chi connectivity index (χ3v) is 1.42. The molecular weight excluding hydrogens is 112 g/mol. The van der Waals surface area contributed by atoms with Gasteiger partial charge in [-0.25, -0.2) is 0 Å². The molecule has 0 bridgehead atoms. The second-order valence-corrected chi connectivity index (χ2v) is 2.97. The van der Waals surface area contributed by atoms with E-state index in [9.17, 15) is 0 Å². The first-order valence-corrected chi connectivity index (χ1v) is 3.62. The van der Waals surface area contributed by atoms with E-state index in [1.807, 2.05) is 0 Å². The average molecular weight is 130 g/mol. The zero-order chi connectivity index (χ0) is 7.28. The highest BCUT2D eigenvalue weighted by Gasteiger charge is 1.99. The van der Waals surface area contributed by atoms with Gasteiger partial charge in [-0.05, 0) is 18.8 Å². The molecule has 9 heavy (non-hydrogen) atoms. The average Bonchev–Trinajstić information content (AvgIpc) is 1.83. The summed E-state index contributed by atoms with van der Waals surface area (Å²) in [6.07, 6.45) is 2.26. The molecule has 0 spiro atoms. The molecule has 0 aliphatic heterocycles. The zero-order valence-electron chi connectivity index (χ0n) is 6.43. The molecule has 0 amide bonds. The summed E-state index contributed by atoms with van der Waals surface area (Å²) in [7, 11) is 0. The van der Waals surface area contributed by atoms with Gasteiger partial charge in [0.2, 0.25) is 0 Å². The minimum atomic E-state index is 0.215. The van der Waals surface area contributed by atoms with Crippen molar-refractivity contribution in [2.45, 2.75) is 32.7 Å². The molecule has 1 atom stereocenters. The van der Waals surface area contributed by atoms with E-state index in [2.05, 4.69) is 13.8 Å². The molecule has 2 heteroatoms. The van der Waals surface area contributed by atoms with Gasteiger partial charge in [0, 0.05) is 12.6 Å². The molecule has 0 aliphatic carbocycles. The van der Waals surface area contributed by atoms with Gasteiger partial charge < -0.3 is 11.5 Å².